The van der Waals surface area contributed by atoms with E-state index in [0.717, 1.165) is 11.3 Å². The fourth-order valence-electron chi connectivity index (χ4n) is 0.857. The molecule has 0 saturated heterocycles. The topological polar surface area (TPSA) is 26.0 Å². The van der Waals surface area contributed by atoms with E-state index in [1.807, 2.05) is 24.3 Å². The molecule has 0 aliphatic heterocycles. The third-order valence-corrected chi connectivity index (χ3v) is 1.51. The van der Waals surface area contributed by atoms with Crippen LogP contribution in [0.5, 0.6) is 0 Å². The number of allylic oxidation sites excluding steroid dienone is 1. The summed E-state index contributed by atoms with van der Waals surface area (Å²) in [4.78, 5) is 0. The number of rotatable bonds is 2. The summed E-state index contributed by atoms with van der Waals surface area (Å²) in [5.74, 6) is 0. The van der Waals surface area contributed by atoms with Crippen molar-refractivity contribution in [2.45, 2.75) is 6.42 Å². The maximum absolute atomic E-state index is 5.63. The molecule has 0 saturated carbocycles. The Bertz CT molecular complexity index is 251. The molecule has 0 radical (unpaired) electrons. The lowest BCUT2D eigenvalue weighted by atomic mass is 10.1. The standard InChI is InChI=1S/C9H10ClN/c1-7(10)6-8-2-4-9(11)5-3-8/h2-5H,1,6,11H2. The molecular formula is C9H10ClN. The van der Waals surface area contributed by atoms with Gasteiger partial charge in [0.1, 0.15) is 0 Å². The SMILES string of the molecule is C=C(Cl)Cc1ccc(N)cc1. The number of anilines is 1. The lowest BCUT2D eigenvalue weighted by Crippen LogP contribution is -1.86. The van der Waals surface area contributed by atoms with Gasteiger partial charge >= 0.3 is 0 Å². The smallest absolute Gasteiger partial charge is 0.0314 e. The van der Waals surface area contributed by atoms with Crippen LogP contribution < -0.4 is 5.73 Å². The first-order chi connectivity index (χ1) is 5.18. The van der Waals surface area contributed by atoms with Gasteiger partial charge in [0.15, 0.2) is 0 Å². The second kappa shape index (κ2) is 3.44. The second-order valence-electron chi connectivity index (χ2n) is 2.44. The lowest BCUT2D eigenvalue weighted by molar-refractivity contribution is 1.25. The third-order valence-electron chi connectivity index (χ3n) is 1.38. The quantitative estimate of drug-likeness (QED) is 0.674. The number of nitrogens with two attached hydrogens (primary N) is 1. The van der Waals surface area contributed by atoms with E-state index in [0.29, 0.717) is 11.5 Å². The van der Waals surface area contributed by atoms with Gasteiger partial charge in [-0.2, -0.15) is 0 Å². The molecule has 0 unspecified atom stereocenters. The van der Waals surface area contributed by atoms with Crippen molar-refractivity contribution in [2.24, 2.45) is 0 Å². The Morgan fingerprint density at radius 2 is 1.91 bits per heavy atom. The van der Waals surface area contributed by atoms with Gasteiger partial charge in [-0.3, -0.25) is 0 Å². The van der Waals surface area contributed by atoms with Crippen molar-refractivity contribution in [3.05, 3.63) is 41.4 Å². The zero-order valence-corrected chi connectivity index (χ0v) is 6.93. The summed E-state index contributed by atoms with van der Waals surface area (Å²) in [6, 6.07) is 7.61. The highest BCUT2D eigenvalue weighted by Crippen LogP contribution is 2.11. The first kappa shape index (κ1) is 8.15. The average molecular weight is 168 g/mol. The highest BCUT2D eigenvalue weighted by molar-refractivity contribution is 6.29. The summed E-state index contributed by atoms with van der Waals surface area (Å²) in [7, 11) is 0. The van der Waals surface area contributed by atoms with Gasteiger partial charge in [-0.15, -0.1) is 0 Å². The molecule has 0 bridgehead atoms. The van der Waals surface area contributed by atoms with Gasteiger partial charge in [0, 0.05) is 17.1 Å². The molecular weight excluding hydrogens is 158 g/mol. The van der Waals surface area contributed by atoms with E-state index in [1.165, 1.54) is 0 Å². The summed E-state index contributed by atoms with van der Waals surface area (Å²) in [6.45, 7) is 3.61. The van der Waals surface area contributed by atoms with E-state index in [2.05, 4.69) is 6.58 Å². The molecule has 2 heteroatoms. The van der Waals surface area contributed by atoms with Crippen LogP contribution in [0.25, 0.3) is 0 Å². The maximum Gasteiger partial charge on any atom is 0.0314 e. The van der Waals surface area contributed by atoms with Gasteiger partial charge in [0.25, 0.3) is 0 Å². The molecule has 0 spiro atoms. The molecule has 1 aromatic rings. The maximum atomic E-state index is 5.63. The van der Waals surface area contributed by atoms with Crippen molar-refractivity contribution in [2.75, 3.05) is 5.73 Å². The summed E-state index contributed by atoms with van der Waals surface area (Å²) in [6.07, 6.45) is 0.710. The predicted molar refractivity (Wildman–Crippen MR) is 49.6 cm³/mol. The molecule has 0 atom stereocenters. The van der Waals surface area contributed by atoms with Crippen LogP contribution >= 0.6 is 11.6 Å². The Hall–Kier alpha value is -0.950. The monoisotopic (exact) mass is 167 g/mol. The molecule has 0 fully saturated rings. The van der Waals surface area contributed by atoms with Crippen molar-refractivity contribution in [3.8, 4) is 0 Å². The van der Waals surface area contributed by atoms with Crippen LogP contribution in [-0.2, 0) is 6.42 Å². The average Bonchev–Trinajstić information content (AvgIpc) is 1.93. The van der Waals surface area contributed by atoms with Crippen molar-refractivity contribution < 1.29 is 0 Å². The van der Waals surface area contributed by atoms with E-state index < -0.39 is 0 Å². The number of benzene rings is 1. The number of hydrogen-bond donors (Lipinski definition) is 1. The van der Waals surface area contributed by atoms with Crippen LogP contribution in [-0.4, -0.2) is 0 Å². The molecule has 58 valence electrons. The predicted octanol–water partition coefficient (Wildman–Crippen LogP) is 2.56. The first-order valence-electron chi connectivity index (χ1n) is 3.36. The van der Waals surface area contributed by atoms with Gasteiger partial charge in [-0.25, -0.2) is 0 Å². The molecule has 0 aromatic heterocycles. The fourth-order valence-corrected chi connectivity index (χ4v) is 1.01. The van der Waals surface area contributed by atoms with Gasteiger partial charge in [0.05, 0.1) is 0 Å². The minimum Gasteiger partial charge on any atom is -0.399 e. The van der Waals surface area contributed by atoms with Crippen molar-refractivity contribution >= 4 is 17.3 Å². The summed E-state index contributed by atoms with van der Waals surface area (Å²) in [5, 5.41) is 0.648. The Kier molecular flexibility index (Phi) is 2.55. The number of halogens is 1. The summed E-state index contributed by atoms with van der Waals surface area (Å²) >= 11 is 5.63. The zero-order chi connectivity index (χ0) is 8.27. The Balaban J connectivity index is 2.74. The molecule has 11 heavy (non-hydrogen) atoms. The van der Waals surface area contributed by atoms with Gasteiger partial charge in [-0.05, 0) is 17.7 Å². The van der Waals surface area contributed by atoms with Gasteiger partial charge < -0.3 is 5.73 Å². The minimum absolute atomic E-state index is 0.648. The van der Waals surface area contributed by atoms with Crippen molar-refractivity contribution in [1.29, 1.82) is 0 Å². The minimum atomic E-state index is 0.648. The molecule has 1 rings (SSSR count). The Labute approximate surface area is 71.5 Å². The molecule has 0 heterocycles. The second-order valence-corrected chi connectivity index (χ2v) is 2.97. The molecule has 0 amide bonds. The van der Waals surface area contributed by atoms with E-state index in [9.17, 15) is 0 Å². The molecule has 1 aromatic carbocycles. The number of hydrogen-bond acceptors (Lipinski definition) is 1. The van der Waals surface area contributed by atoms with Crippen LogP contribution in [0.1, 0.15) is 5.56 Å². The summed E-state index contributed by atoms with van der Waals surface area (Å²) < 4.78 is 0. The van der Waals surface area contributed by atoms with Crippen molar-refractivity contribution in [1.82, 2.24) is 0 Å². The molecule has 0 aliphatic carbocycles. The largest absolute Gasteiger partial charge is 0.399 e. The number of nitrogen functional groups attached to an aromatic ring is 1. The van der Waals surface area contributed by atoms with Gasteiger partial charge in [0.2, 0.25) is 0 Å². The molecule has 0 aliphatic rings. The normalized spacial score (nSPS) is 9.55. The zero-order valence-electron chi connectivity index (χ0n) is 6.18. The van der Waals surface area contributed by atoms with E-state index >= 15 is 0 Å². The first-order valence-corrected chi connectivity index (χ1v) is 3.74. The van der Waals surface area contributed by atoms with Crippen LogP contribution in [0.4, 0.5) is 5.69 Å². The highest BCUT2D eigenvalue weighted by atomic mass is 35.5. The molecule has 1 nitrogen and oxygen atoms in total. The molecule has 2 N–H and O–H groups in total. The summed E-state index contributed by atoms with van der Waals surface area (Å²) in [5.41, 5.74) is 7.41. The Morgan fingerprint density at radius 3 is 2.36 bits per heavy atom. The van der Waals surface area contributed by atoms with Crippen LogP contribution in [0.15, 0.2) is 35.9 Å². The van der Waals surface area contributed by atoms with E-state index in [1.54, 1.807) is 0 Å². The van der Waals surface area contributed by atoms with Gasteiger partial charge in [-0.1, -0.05) is 30.3 Å². The fraction of sp³-hybridized carbons (Fsp3) is 0.111. The van der Waals surface area contributed by atoms with Crippen LogP contribution in [0.3, 0.4) is 0 Å². The van der Waals surface area contributed by atoms with Crippen LogP contribution in [0.2, 0.25) is 0 Å². The van der Waals surface area contributed by atoms with E-state index in [4.69, 9.17) is 17.3 Å². The van der Waals surface area contributed by atoms with E-state index in [-0.39, 0.29) is 0 Å². The van der Waals surface area contributed by atoms with Crippen LogP contribution in [0, 0.1) is 0 Å². The Morgan fingerprint density at radius 1 is 1.36 bits per heavy atom. The third kappa shape index (κ3) is 2.64. The van der Waals surface area contributed by atoms with Crippen molar-refractivity contribution in [3.63, 3.8) is 0 Å². The lowest BCUT2D eigenvalue weighted by Gasteiger charge is -1.98. The highest BCUT2D eigenvalue weighted by Gasteiger charge is 1.92.